The molecule has 0 aliphatic rings. The predicted octanol–water partition coefficient (Wildman–Crippen LogP) is 2.00. The van der Waals surface area contributed by atoms with E-state index < -0.39 is 5.97 Å². The molecule has 0 saturated carbocycles. The molecule has 1 aromatic heterocycles. The Labute approximate surface area is 111 Å². The van der Waals surface area contributed by atoms with Gasteiger partial charge < -0.3 is 15.7 Å². The highest BCUT2D eigenvalue weighted by Crippen LogP contribution is 2.20. The molecule has 1 heterocycles. The average Bonchev–Trinajstić information content (AvgIpc) is 2.39. The first-order chi connectivity index (χ1) is 9.08. The van der Waals surface area contributed by atoms with Crippen LogP contribution >= 0.6 is 0 Å². The molecular weight excluding hydrogens is 242 g/mol. The molecule has 19 heavy (non-hydrogen) atoms. The van der Waals surface area contributed by atoms with E-state index in [1.165, 1.54) is 12.3 Å². The Morgan fingerprint density at radius 2 is 2.05 bits per heavy atom. The summed E-state index contributed by atoms with van der Waals surface area (Å²) < 4.78 is 0. The number of nitrogen functional groups attached to an aromatic ring is 1. The summed E-state index contributed by atoms with van der Waals surface area (Å²) in [5, 5.41) is 9.18. The Morgan fingerprint density at radius 3 is 2.68 bits per heavy atom. The van der Waals surface area contributed by atoms with Gasteiger partial charge in [-0.3, -0.25) is 0 Å². The molecule has 2 rings (SSSR count). The molecule has 98 valence electrons. The zero-order chi connectivity index (χ0) is 13.8. The van der Waals surface area contributed by atoms with Crippen molar-refractivity contribution in [1.82, 2.24) is 4.98 Å². The van der Waals surface area contributed by atoms with E-state index in [4.69, 9.17) is 5.73 Å². The summed E-state index contributed by atoms with van der Waals surface area (Å²) in [6, 6.07) is 11.2. The Morgan fingerprint density at radius 1 is 1.37 bits per heavy atom. The fourth-order valence-corrected chi connectivity index (χ4v) is 1.87. The molecule has 0 unspecified atom stereocenters. The molecule has 1 aromatic carbocycles. The van der Waals surface area contributed by atoms with Crippen molar-refractivity contribution >= 4 is 17.5 Å². The zero-order valence-electron chi connectivity index (χ0n) is 10.6. The van der Waals surface area contributed by atoms with Gasteiger partial charge in [0.1, 0.15) is 11.4 Å². The zero-order valence-corrected chi connectivity index (χ0v) is 10.6. The normalized spacial score (nSPS) is 10.2. The molecule has 0 atom stereocenters. The largest absolute Gasteiger partial charge is 0.478 e. The van der Waals surface area contributed by atoms with Crippen LogP contribution in [0.1, 0.15) is 15.9 Å². The molecule has 0 spiro atoms. The maximum Gasteiger partial charge on any atom is 0.339 e. The van der Waals surface area contributed by atoms with Gasteiger partial charge in [0, 0.05) is 13.6 Å². The summed E-state index contributed by atoms with van der Waals surface area (Å²) in [5.41, 5.74) is 7.11. The van der Waals surface area contributed by atoms with Crippen LogP contribution in [0.25, 0.3) is 0 Å². The van der Waals surface area contributed by atoms with E-state index in [-0.39, 0.29) is 5.56 Å². The third-order valence-corrected chi connectivity index (χ3v) is 2.74. The molecular formula is C14H15N3O2. The first kappa shape index (κ1) is 12.9. The molecule has 0 saturated heterocycles. The van der Waals surface area contributed by atoms with Crippen molar-refractivity contribution in [3.8, 4) is 0 Å². The number of hydrogen-bond donors (Lipinski definition) is 2. The minimum atomic E-state index is -1.03. The lowest BCUT2D eigenvalue weighted by molar-refractivity contribution is 0.0697. The van der Waals surface area contributed by atoms with E-state index in [2.05, 4.69) is 4.98 Å². The minimum Gasteiger partial charge on any atom is -0.478 e. The van der Waals surface area contributed by atoms with Crippen LogP contribution in [-0.2, 0) is 6.54 Å². The van der Waals surface area contributed by atoms with Gasteiger partial charge in [0.2, 0.25) is 0 Å². The van der Waals surface area contributed by atoms with Crippen molar-refractivity contribution in [2.75, 3.05) is 17.7 Å². The highest BCUT2D eigenvalue weighted by Gasteiger charge is 2.15. The van der Waals surface area contributed by atoms with E-state index in [9.17, 15) is 9.90 Å². The van der Waals surface area contributed by atoms with Crippen LogP contribution in [0.5, 0.6) is 0 Å². The number of carboxylic acid groups (broad SMARTS) is 1. The molecule has 0 bridgehead atoms. The highest BCUT2D eigenvalue weighted by atomic mass is 16.4. The Kier molecular flexibility index (Phi) is 3.66. The minimum absolute atomic E-state index is 0.110. The standard InChI is InChI=1S/C14H15N3O2/c1-17(9-10-5-3-2-4-6-10)13-12(14(18)19)7-11(15)8-16-13/h2-8H,9,15H2,1H3,(H,18,19). The van der Waals surface area contributed by atoms with Crippen LogP contribution in [0.2, 0.25) is 0 Å². The fourth-order valence-electron chi connectivity index (χ4n) is 1.87. The summed E-state index contributed by atoms with van der Waals surface area (Å²) in [7, 11) is 1.80. The smallest absolute Gasteiger partial charge is 0.339 e. The average molecular weight is 257 g/mol. The fraction of sp³-hybridized carbons (Fsp3) is 0.143. The van der Waals surface area contributed by atoms with E-state index >= 15 is 0 Å². The maximum absolute atomic E-state index is 11.2. The summed E-state index contributed by atoms with van der Waals surface area (Å²) in [6.45, 7) is 0.581. The lowest BCUT2D eigenvalue weighted by Gasteiger charge is -2.20. The molecule has 0 radical (unpaired) electrons. The van der Waals surface area contributed by atoms with Gasteiger partial charge in [-0.05, 0) is 11.6 Å². The summed E-state index contributed by atoms with van der Waals surface area (Å²) in [4.78, 5) is 17.1. The second-order valence-electron chi connectivity index (χ2n) is 4.29. The molecule has 0 fully saturated rings. The second-order valence-corrected chi connectivity index (χ2v) is 4.29. The van der Waals surface area contributed by atoms with Gasteiger partial charge in [-0.15, -0.1) is 0 Å². The van der Waals surface area contributed by atoms with Gasteiger partial charge in [0.15, 0.2) is 0 Å². The maximum atomic E-state index is 11.2. The Balaban J connectivity index is 2.28. The number of pyridine rings is 1. The monoisotopic (exact) mass is 257 g/mol. The number of aromatic nitrogens is 1. The van der Waals surface area contributed by atoms with Gasteiger partial charge >= 0.3 is 5.97 Å². The third kappa shape index (κ3) is 3.01. The van der Waals surface area contributed by atoms with Crippen LogP contribution in [0.4, 0.5) is 11.5 Å². The van der Waals surface area contributed by atoms with Gasteiger partial charge in [-0.2, -0.15) is 0 Å². The number of benzene rings is 1. The Hall–Kier alpha value is -2.56. The third-order valence-electron chi connectivity index (χ3n) is 2.74. The number of nitrogens with zero attached hydrogens (tertiary/aromatic N) is 2. The molecule has 2 aromatic rings. The van der Waals surface area contributed by atoms with Crippen LogP contribution in [0, 0.1) is 0 Å². The van der Waals surface area contributed by atoms with E-state index in [1.54, 1.807) is 11.9 Å². The van der Waals surface area contributed by atoms with E-state index in [0.717, 1.165) is 5.56 Å². The molecule has 3 N–H and O–H groups in total. The van der Waals surface area contributed by atoms with Crippen molar-refractivity contribution in [1.29, 1.82) is 0 Å². The summed E-state index contributed by atoms with van der Waals surface area (Å²) in [5.74, 6) is -0.625. The summed E-state index contributed by atoms with van der Waals surface area (Å²) in [6.07, 6.45) is 1.46. The topological polar surface area (TPSA) is 79.5 Å². The first-order valence-electron chi connectivity index (χ1n) is 5.82. The van der Waals surface area contributed by atoms with Gasteiger partial charge in [-0.25, -0.2) is 9.78 Å². The molecule has 0 aliphatic carbocycles. The van der Waals surface area contributed by atoms with Gasteiger partial charge in [0.05, 0.1) is 11.9 Å². The molecule has 0 aliphatic heterocycles. The first-order valence-corrected chi connectivity index (χ1v) is 5.82. The van der Waals surface area contributed by atoms with Crippen molar-refractivity contribution in [3.05, 3.63) is 53.7 Å². The van der Waals surface area contributed by atoms with Crippen molar-refractivity contribution in [3.63, 3.8) is 0 Å². The molecule has 0 amide bonds. The SMILES string of the molecule is CN(Cc1ccccc1)c1ncc(N)cc1C(=O)O. The van der Waals surface area contributed by atoms with Crippen LogP contribution in [0.15, 0.2) is 42.6 Å². The van der Waals surface area contributed by atoms with E-state index in [1.807, 2.05) is 30.3 Å². The molecule has 5 nitrogen and oxygen atoms in total. The number of hydrogen-bond acceptors (Lipinski definition) is 4. The van der Waals surface area contributed by atoms with Crippen molar-refractivity contribution in [2.24, 2.45) is 0 Å². The number of carboxylic acids is 1. The van der Waals surface area contributed by atoms with Crippen LogP contribution in [0.3, 0.4) is 0 Å². The predicted molar refractivity (Wildman–Crippen MR) is 74.2 cm³/mol. The molecule has 5 heteroatoms. The number of anilines is 2. The van der Waals surface area contributed by atoms with Crippen molar-refractivity contribution < 1.29 is 9.90 Å². The number of carbonyl (C=O) groups is 1. The van der Waals surface area contributed by atoms with E-state index in [0.29, 0.717) is 18.1 Å². The van der Waals surface area contributed by atoms with Crippen LogP contribution in [-0.4, -0.2) is 23.1 Å². The van der Waals surface area contributed by atoms with Crippen LogP contribution < -0.4 is 10.6 Å². The lowest BCUT2D eigenvalue weighted by atomic mass is 10.2. The number of rotatable bonds is 4. The lowest BCUT2D eigenvalue weighted by Crippen LogP contribution is -2.21. The number of nitrogens with two attached hydrogens (primary N) is 1. The van der Waals surface area contributed by atoms with Gasteiger partial charge in [0.25, 0.3) is 0 Å². The van der Waals surface area contributed by atoms with Gasteiger partial charge in [-0.1, -0.05) is 30.3 Å². The summed E-state index contributed by atoms with van der Waals surface area (Å²) >= 11 is 0. The highest BCUT2D eigenvalue weighted by molar-refractivity contribution is 5.94. The Bertz CT molecular complexity index is 584. The van der Waals surface area contributed by atoms with Crippen molar-refractivity contribution in [2.45, 2.75) is 6.54 Å². The number of aromatic carboxylic acids is 1. The second kappa shape index (κ2) is 5.39. The quantitative estimate of drug-likeness (QED) is 0.875.